The molecule has 3 aromatic carbocycles. The molecule has 1 aromatic heterocycles. The number of rotatable bonds is 6. The van der Waals surface area contributed by atoms with Crippen molar-refractivity contribution in [1.82, 2.24) is 9.55 Å². The van der Waals surface area contributed by atoms with Crippen molar-refractivity contribution in [3.63, 3.8) is 0 Å². The van der Waals surface area contributed by atoms with E-state index >= 15 is 0 Å². The van der Waals surface area contributed by atoms with Gasteiger partial charge in [0.05, 0.1) is 19.0 Å². The summed E-state index contributed by atoms with van der Waals surface area (Å²) in [6.07, 6.45) is -3.08. The molecule has 0 spiro atoms. The monoisotopic (exact) mass is 481 g/mol. The highest BCUT2D eigenvalue weighted by molar-refractivity contribution is 6.05. The van der Waals surface area contributed by atoms with Gasteiger partial charge in [-0.3, -0.25) is 10.1 Å². The molecule has 1 N–H and O–H groups in total. The zero-order chi connectivity index (χ0) is 25.2. The minimum Gasteiger partial charge on any atom is -0.497 e. The number of hydrogen-bond acceptors (Lipinski definition) is 4. The lowest BCUT2D eigenvalue weighted by atomic mass is 9.96. The second-order valence-corrected chi connectivity index (χ2v) is 7.76. The van der Waals surface area contributed by atoms with E-state index in [-0.39, 0.29) is 11.7 Å². The summed E-state index contributed by atoms with van der Waals surface area (Å²) in [7, 11) is 3.40. The first-order valence-corrected chi connectivity index (χ1v) is 10.6. The average molecular weight is 481 g/mol. The number of nitrogens with zero attached hydrogens (tertiary/aromatic N) is 2. The average Bonchev–Trinajstić information content (AvgIpc) is 3.18. The standard InChI is InChI=1S/C26H22F3N3O3/c1-16-21(17-7-13-20(14-8-17)35-26(27,28)29)5-4-6-22(16)24(33)31-25-30-15-23(32(25)2)18-9-11-19(34-3)12-10-18/h4-15H,1-3H3,(H,30,31,33). The second-order valence-electron chi connectivity index (χ2n) is 7.76. The Balaban J connectivity index is 1.55. The first-order valence-electron chi connectivity index (χ1n) is 10.6. The fourth-order valence-corrected chi connectivity index (χ4v) is 3.76. The van der Waals surface area contributed by atoms with E-state index in [1.165, 1.54) is 24.3 Å². The van der Waals surface area contributed by atoms with Crippen molar-refractivity contribution in [3.05, 3.63) is 84.1 Å². The number of carbonyl (C=O) groups excluding carboxylic acids is 1. The van der Waals surface area contributed by atoms with Crippen LogP contribution < -0.4 is 14.8 Å². The molecule has 0 saturated carbocycles. The number of halogens is 3. The van der Waals surface area contributed by atoms with Crippen molar-refractivity contribution in [1.29, 1.82) is 0 Å². The van der Waals surface area contributed by atoms with Gasteiger partial charge in [0.2, 0.25) is 5.95 Å². The van der Waals surface area contributed by atoms with Gasteiger partial charge in [0.1, 0.15) is 11.5 Å². The number of imidazole rings is 1. The molecule has 1 amide bonds. The Morgan fingerprint density at radius 3 is 2.20 bits per heavy atom. The zero-order valence-electron chi connectivity index (χ0n) is 19.2. The van der Waals surface area contributed by atoms with Crippen LogP contribution in [0.3, 0.4) is 0 Å². The SMILES string of the molecule is COc1ccc(-c2cnc(NC(=O)c3cccc(-c4ccc(OC(F)(F)F)cc4)c3C)n2C)cc1. The topological polar surface area (TPSA) is 65.4 Å². The number of alkyl halides is 3. The van der Waals surface area contributed by atoms with E-state index in [1.54, 1.807) is 50.0 Å². The van der Waals surface area contributed by atoms with Gasteiger partial charge < -0.3 is 14.0 Å². The molecule has 6 nitrogen and oxygen atoms in total. The second kappa shape index (κ2) is 9.54. The van der Waals surface area contributed by atoms with Gasteiger partial charge in [0, 0.05) is 18.2 Å². The molecule has 180 valence electrons. The highest BCUT2D eigenvalue weighted by atomic mass is 19.4. The molecule has 35 heavy (non-hydrogen) atoms. The van der Waals surface area contributed by atoms with E-state index in [0.717, 1.165) is 22.6 Å². The summed E-state index contributed by atoms with van der Waals surface area (Å²) in [5.41, 5.74) is 4.21. The van der Waals surface area contributed by atoms with E-state index < -0.39 is 6.36 Å². The Hall–Kier alpha value is -4.27. The fourth-order valence-electron chi connectivity index (χ4n) is 3.76. The van der Waals surface area contributed by atoms with E-state index in [4.69, 9.17) is 4.74 Å². The van der Waals surface area contributed by atoms with Crippen molar-refractivity contribution >= 4 is 11.9 Å². The lowest BCUT2D eigenvalue weighted by molar-refractivity contribution is -0.274. The lowest BCUT2D eigenvalue weighted by Gasteiger charge is -2.13. The van der Waals surface area contributed by atoms with Gasteiger partial charge in [-0.2, -0.15) is 0 Å². The molecule has 0 saturated heterocycles. The molecule has 0 aliphatic heterocycles. The number of carbonyl (C=O) groups is 1. The van der Waals surface area contributed by atoms with Gasteiger partial charge in [0.15, 0.2) is 0 Å². The summed E-state index contributed by atoms with van der Waals surface area (Å²) in [4.78, 5) is 17.4. The summed E-state index contributed by atoms with van der Waals surface area (Å²) in [5, 5.41) is 2.84. The number of methoxy groups -OCH3 is 1. The Morgan fingerprint density at radius 2 is 1.57 bits per heavy atom. The molecule has 0 unspecified atom stereocenters. The van der Waals surface area contributed by atoms with Gasteiger partial charge in [-0.05, 0) is 66.1 Å². The summed E-state index contributed by atoms with van der Waals surface area (Å²) < 4.78 is 48.2. The maximum absolute atomic E-state index is 13.1. The summed E-state index contributed by atoms with van der Waals surface area (Å²) in [5.74, 6) is 0.452. The molecule has 0 fully saturated rings. The molecule has 1 heterocycles. The lowest BCUT2D eigenvalue weighted by Crippen LogP contribution is -2.17. The predicted molar refractivity (Wildman–Crippen MR) is 126 cm³/mol. The van der Waals surface area contributed by atoms with Crippen LogP contribution in [0, 0.1) is 6.92 Å². The van der Waals surface area contributed by atoms with E-state index in [9.17, 15) is 18.0 Å². The number of aromatic nitrogens is 2. The van der Waals surface area contributed by atoms with Crippen LogP contribution in [0.25, 0.3) is 22.4 Å². The van der Waals surface area contributed by atoms with Gasteiger partial charge in [-0.25, -0.2) is 4.98 Å². The summed E-state index contributed by atoms with van der Waals surface area (Å²) in [6.45, 7) is 1.78. The van der Waals surface area contributed by atoms with Crippen molar-refractivity contribution in [2.24, 2.45) is 7.05 Å². The highest BCUT2D eigenvalue weighted by Crippen LogP contribution is 2.30. The van der Waals surface area contributed by atoms with Crippen LogP contribution in [0.1, 0.15) is 15.9 Å². The Morgan fingerprint density at radius 1 is 0.943 bits per heavy atom. The Kier molecular flexibility index (Phi) is 6.50. The van der Waals surface area contributed by atoms with Gasteiger partial charge >= 0.3 is 6.36 Å². The normalized spacial score (nSPS) is 11.3. The molecular weight excluding hydrogens is 459 g/mol. The van der Waals surface area contributed by atoms with Crippen LogP contribution >= 0.6 is 0 Å². The van der Waals surface area contributed by atoms with E-state index in [2.05, 4.69) is 15.0 Å². The minimum atomic E-state index is -4.76. The number of benzene rings is 3. The third-order valence-electron chi connectivity index (χ3n) is 5.58. The van der Waals surface area contributed by atoms with Crippen molar-refractivity contribution in [2.75, 3.05) is 12.4 Å². The van der Waals surface area contributed by atoms with Crippen LogP contribution in [0.5, 0.6) is 11.5 Å². The molecular formula is C26H22F3N3O3. The number of nitrogens with one attached hydrogen (secondary N) is 1. The van der Waals surface area contributed by atoms with E-state index in [1.807, 2.05) is 24.3 Å². The number of hydrogen-bond donors (Lipinski definition) is 1. The molecule has 0 radical (unpaired) electrons. The highest BCUT2D eigenvalue weighted by Gasteiger charge is 2.31. The fraction of sp³-hybridized carbons (Fsp3) is 0.154. The van der Waals surface area contributed by atoms with Crippen LogP contribution in [-0.2, 0) is 7.05 Å². The maximum atomic E-state index is 13.1. The van der Waals surface area contributed by atoms with Gasteiger partial charge in [-0.1, -0.05) is 24.3 Å². The van der Waals surface area contributed by atoms with Gasteiger partial charge in [-0.15, -0.1) is 13.2 Å². The molecule has 0 aliphatic carbocycles. The quantitative estimate of drug-likeness (QED) is 0.355. The largest absolute Gasteiger partial charge is 0.573 e. The number of ether oxygens (including phenoxy) is 2. The van der Waals surface area contributed by atoms with Crippen LogP contribution in [0.4, 0.5) is 19.1 Å². The number of anilines is 1. The first kappa shape index (κ1) is 23.9. The van der Waals surface area contributed by atoms with Gasteiger partial charge in [0.25, 0.3) is 5.91 Å². The molecule has 0 bridgehead atoms. The molecule has 0 aliphatic rings. The predicted octanol–water partition coefficient (Wildman–Crippen LogP) is 6.22. The van der Waals surface area contributed by atoms with Crippen LogP contribution in [0.2, 0.25) is 0 Å². The molecule has 0 atom stereocenters. The van der Waals surface area contributed by atoms with Crippen molar-refractivity contribution in [3.8, 4) is 33.9 Å². The van der Waals surface area contributed by atoms with E-state index in [0.29, 0.717) is 22.6 Å². The maximum Gasteiger partial charge on any atom is 0.573 e. The first-order chi connectivity index (χ1) is 16.7. The molecule has 9 heteroatoms. The van der Waals surface area contributed by atoms with Crippen molar-refractivity contribution < 1.29 is 27.4 Å². The summed E-state index contributed by atoms with van der Waals surface area (Å²) >= 11 is 0. The molecule has 4 aromatic rings. The van der Waals surface area contributed by atoms with Crippen molar-refractivity contribution in [2.45, 2.75) is 13.3 Å². The minimum absolute atomic E-state index is 0.310. The zero-order valence-corrected chi connectivity index (χ0v) is 19.2. The van der Waals surface area contributed by atoms with Crippen LogP contribution in [-0.4, -0.2) is 28.9 Å². The van der Waals surface area contributed by atoms with Crippen LogP contribution in [0.15, 0.2) is 72.9 Å². The Bertz CT molecular complexity index is 1350. The summed E-state index contributed by atoms with van der Waals surface area (Å²) in [6, 6.07) is 18.2. The Labute approximate surface area is 200 Å². The molecule has 4 rings (SSSR count). The third kappa shape index (κ3) is 5.29. The third-order valence-corrected chi connectivity index (χ3v) is 5.58. The number of amides is 1. The smallest absolute Gasteiger partial charge is 0.497 e.